The fraction of sp³-hybridized carbons (Fsp3) is 0.667. The first kappa shape index (κ1) is 16.2. The molecule has 1 aliphatic rings. The van der Waals surface area contributed by atoms with Crippen molar-refractivity contribution in [3.63, 3.8) is 0 Å². The Morgan fingerprint density at radius 1 is 1.43 bits per heavy atom. The number of anilines is 1. The van der Waals surface area contributed by atoms with Crippen LogP contribution in [-0.2, 0) is 0 Å². The molecule has 2 unspecified atom stereocenters. The number of ether oxygens (including phenoxy) is 1. The maximum Gasteiger partial charge on any atom is 0.121 e. The van der Waals surface area contributed by atoms with E-state index >= 15 is 0 Å². The predicted molar refractivity (Wildman–Crippen MR) is 90.4 cm³/mol. The van der Waals surface area contributed by atoms with Gasteiger partial charge in [0.1, 0.15) is 5.75 Å². The zero-order valence-electron chi connectivity index (χ0n) is 14.4. The molecule has 1 aliphatic heterocycles. The molecule has 0 spiro atoms. The monoisotopic (exact) mass is 290 g/mol. The van der Waals surface area contributed by atoms with Gasteiger partial charge in [0.05, 0.1) is 7.11 Å². The van der Waals surface area contributed by atoms with Crippen molar-refractivity contribution in [1.82, 2.24) is 5.32 Å². The van der Waals surface area contributed by atoms with Gasteiger partial charge in [-0.1, -0.05) is 20.8 Å². The molecule has 0 aromatic heterocycles. The molecule has 2 atom stereocenters. The summed E-state index contributed by atoms with van der Waals surface area (Å²) < 4.78 is 5.39. The topological polar surface area (TPSA) is 24.5 Å². The van der Waals surface area contributed by atoms with E-state index < -0.39 is 0 Å². The minimum atomic E-state index is 0.194. The number of benzene rings is 1. The largest absolute Gasteiger partial charge is 0.496 e. The van der Waals surface area contributed by atoms with E-state index in [-0.39, 0.29) is 5.54 Å². The molecule has 1 fully saturated rings. The summed E-state index contributed by atoms with van der Waals surface area (Å²) in [6, 6.07) is 7.09. The number of piperazine rings is 1. The molecule has 118 valence electrons. The van der Waals surface area contributed by atoms with Gasteiger partial charge < -0.3 is 15.0 Å². The highest BCUT2D eigenvalue weighted by Gasteiger charge is 2.35. The number of rotatable bonds is 4. The fourth-order valence-corrected chi connectivity index (χ4v) is 3.17. The van der Waals surface area contributed by atoms with Crippen molar-refractivity contribution in [2.75, 3.05) is 25.1 Å². The van der Waals surface area contributed by atoms with Crippen molar-refractivity contribution in [2.45, 2.75) is 52.6 Å². The first-order chi connectivity index (χ1) is 9.90. The highest BCUT2D eigenvalue weighted by molar-refractivity contribution is 5.54. The van der Waals surface area contributed by atoms with E-state index in [1.54, 1.807) is 7.11 Å². The van der Waals surface area contributed by atoms with E-state index in [1.807, 2.05) is 0 Å². The molecule has 1 aromatic rings. The third-order valence-electron chi connectivity index (χ3n) is 4.92. The van der Waals surface area contributed by atoms with Crippen LogP contribution in [0.3, 0.4) is 0 Å². The molecule has 1 N–H and O–H groups in total. The minimum absolute atomic E-state index is 0.194. The molecule has 0 bridgehead atoms. The second-order valence-electron chi connectivity index (χ2n) is 6.89. The van der Waals surface area contributed by atoms with E-state index in [9.17, 15) is 0 Å². The molecule has 1 heterocycles. The number of nitrogens with one attached hydrogen (secondary N) is 1. The van der Waals surface area contributed by atoms with E-state index in [0.717, 1.165) is 25.3 Å². The molecule has 3 nitrogen and oxygen atoms in total. The van der Waals surface area contributed by atoms with Gasteiger partial charge in [0, 0.05) is 30.4 Å². The third kappa shape index (κ3) is 3.34. The van der Waals surface area contributed by atoms with Crippen LogP contribution in [0, 0.1) is 12.8 Å². The summed E-state index contributed by atoms with van der Waals surface area (Å²) in [7, 11) is 1.73. The Morgan fingerprint density at radius 3 is 2.67 bits per heavy atom. The molecular weight excluding hydrogens is 260 g/mol. The van der Waals surface area contributed by atoms with Gasteiger partial charge in [-0.3, -0.25) is 0 Å². The second kappa shape index (κ2) is 6.27. The molecule has 0 amide bonds. The maximum atomic E-state index is 5.39. The minimum Gasteiger partial charge on any atom is -0.496 e. The molecule has 3 heteroatoms. The first-order valence-corrected chi connectivity index (χ1v) is 8.06. The second-order valence-corrected chi connectivity index (χ2v) is 6.89. The fourth-order valence-electron chi connectivity index (χ4n) is 3.17. The number of nitrogens with zero attached hydrogens (tertiary/aromatic N) is 1. The smallest absolute Gasteiger partial charge is 0.121 e. The highest BCUT2D eigenvalue weighted by Crippen LogP contribution is 2.31. The summed E-state index contributed by atoms with van der Waals surface area (Å²) in [6.45, 7) is 13.4. The van der Waals surface area contributed by atoms with Crippen molar-refractivity contribution in [2.24, 2.45) is 5.92 Å². The van der Waals surface area contributed by atoms with Crippen molar-refractivity contribution in [3.05, 3.63) is 23.8 Å². The zero-order chi connectivity index (χ0) is 15.6. The number of methoxy groups -OCH3 is 1. The van der Waals surface area contributed by atoms with Gasteiger partial charge >= 0.3 is 0 Å². The number of aryl methyl sites for hydroxylation is 1. The average molecular weight is 290 g/mol. The molecule has 0 saturated carbocycles. The van der Waals surface area contributed by atoms with Gasteiger partial charge in [-0.15, -0.1) is 0 Å². The number of hydrogen-bond acceptors (Lipinski definition) is 3. The summed E-state index contributed by atoms with van der Waals surface area (Å²) >= 11 is 0. The van der Waals surface area contributed by atoms with Crippen molar-refractivity contribution < 1.29 is 4.74 Å². The lowest BCUT2D eigenvalue weighted by Crippen LogP contribution is -2.64. The number of hydrogen-bond donors (Lipinski definition) is 1. The van der Waals surface area contributed by atoms with Crippen LogP contribution >= 0.6 is 0 Å². The lowest BCUT2D eigenvalue weighted by molar-refractivity contribution is 0.253. The van der Waals surface area contributed by atoms with Gasteiger partial charge in [-0.25, -0.2) is 0 Å². The van der Waals surface area contributed by atoms with Gasteiger partial charge in [-0.05, 0) is 49.9 Å². The molecule has 0 radical (unpaired) electrons. The van der Waals surface area contributed by atoms with Crippen LogP contribution in [0.1, 0.15) is 39.7 Å². The Bertz CT molecular complexity index is 486. The van der Waals surface area contributed by atoms with Crippen LogP contribution in [0.2, 0.25) is 0 Å². The molecule has 0 aliphatic carbocycles. The molecule has 2 rings (SSSR count). The normalized spacial score (nSPS) is 26.2. The summed E-state index contributed by atoms with van der Waals surface area (Å²) in [4.78, 5) is 2.58. The van der Waals surface area contributed by atoms with Gasteiger partial charge in [0.15, 0.2) is 0 Å². The lowest BCUT2D eigenvalue weighted by atomic mass is 9.89. The van der Waals surface area contributed by atoms with Crippen LogP contribution in [0.15, 0.2) is 18.2 Å². The molecular formula is C18H30N2O. The average Bonchev–Trinajstić information content (AvgIpc) is 2.46. The van der Waals surface area contributed by atoms with Crippen molar-refractivity contribution >= 4 is 5.69 Å². The Hall–Kier alpha value is -1.22. The van der Waals surface area contributed by atoms with E-state index in [2.05, 4.69) is 63.0 Å². The summed E-state index contributed by atoms with van der Waals surface area (Å²) in [5, 5.41) is 3.75. The van der Waals surface area contributed by atoms with Crippen LogP contribution in [0.5, 0.6) is 5.75 Å². The molecule has 1 saturated heterocycles. The quantitative estimate of drug-likeness (QED) is 0.917. The zero-order valence-corrected chi connectivity index (χ0v) is 14.4. The molecule has 21 heavy (non-hydrogen) atoms. The highest BCUT2D eigenvalue weighted by atomic mass is 16.5. The van der Waals surface area contributed by atoms with Crippen molar-refractivity contribution in [3.8, 4) is 5.75 Å². The third-order valence-corrected chi connectivity index (χ3v) is 4.92. The van der Waals surface area contributed by atoms with Crippen LogP contribution in [0.25, 0.3) is 0 Å². The van der Waals surface area contributed by atoms with E-state index in [1.165, 1.54) is 11.3 Å². The maximum absolute atomic E-state index is 5.39. The van der Waals surface area contributed by atoms with Crippen LogP contribution in [-0.4, -0.2) is 31.8 Å². The first-order valence-electron chi connectivity index (χ1n) is 8.06. The molecule has 1 aromatic carbocycles. The Kier molecular flexibility index (Phi) is 4.82. The Morgan fingerprint density at radius 2 is 2.14 bits per heavy atom. The predicted octanol–water partition coefficient (Wildman–Crippen LogP) is 3.61. The van der Waals surface area contributed by atoms with Gasteiger partial charge in [0.2, 0.25) is 0 Å². The Labute approximate surface area is 129 Å². The van der Waals surface area contributed by atoms with E-state index in [0.29, 0.717) is 12.0 Å². The van der Waals surface area contributed by atoms with Crippen LogP contribution < -0.4 is 15.0 Å². The summed E-state index contributed by atoms with van der Waals surface area (Å²) in [5.74, 6) is 1.59. The van der Waals surface area contributed by atoms with Gasteiger partial charge in [-0.2, -0.15) is 0 Å². The SMILES string of the molecule is CCC1(C)CN(c2ccc(OC)c(C)c2)C(C(C)C)CN1. The summed E-state index contributed by atoms with van der Waals surface area (Å²) in [5.41, 5.74) is 2.71. The van der Waals surface area contributed by atoms with Crippen LogP contribution in [0.4, 0.5) is 5.69 Å². The van der Waals surface area contributed by atoms with Crippen molar-refractivity contribution in [1.29, 1.82) is 0 Å². The Balaban J connectivity index is 2.33. The summed E-state index contributed by atoms with van der Waals surface area (Å²) in [6.07, 6.45) is 1.14. The lowest BCUT2D eigenvalue weighted by Gasteiger charge is -2.49. The standard InChI is InChI=1S/C18H30N2O/c1-7-18(5)12-20(16(11-19-18)13(2)3)15-8-9-17(21-6)14(4)10-15/h8-10,13,16,19H,7,11-12H2,1-6H3. The van der Waals surface area contributed by atoms with E-state index in [4.69, 9.17) is 4.74 Å². The van der Waals surface area contributed by atoms with Gasteiger partial charge in [0.25, 0.3) is 0 Å².